The molecule has 1 aromatic rings. The van der Waals surface area contributed by atoms with Gasteiger partial charge < -0.3 is 4.74 Å². The summed E-state index contributed by atoms with van der Waals surface area (Å²) in [4.78, 5) is 3.88. The topological polar surface area (TPSA) is 57.4 Å². The predicted molar refractivity (Wildman–Crippen MR) is 72.4 cm³/mol. The smallest absolute Gasteiger partial charge is 0.418 e. The van der Waals surface area contributed by atoms with E-state index in [9.17, 15) is 13.2 Å². The van der Waals surface area contributed by atoms with Crippen molar-refractivity contribution < 1.29 is 17.9 Å². The van der Waals surface area contributed by atoms with Crippen molar-refractivity contribution in [3.63, 3.8) is 0 Å². The molecule has 0 spiro atoms. The first-order chi connectivity index (χ1) is 9.33. The third-order valence-electron chi connectivity index (χ3n) is 2.15. The Labute approximate surface area is 122 Å². The molecule has 0 fully saturated rings. The lowest BCUT2D eigenvalue weighted by Gasteiger charge is -2.13. The van der Waals surface area contributed by atoms with E-state index in [-0.39, 0.29) is 16.6 Å². The van der Waals surface area contributed by atoms with E-state index >= 15 is 0 Å². The van der Waals surface area contributed by atoms with Gasteiger partial charge in [-0.15, -0.1) is 0 Å². The number of nitriles is 1. The molecule has 1 aromatic carbocycles. The lowest BCUT2D eigenvalue weighted by molar-refractivity contribution is -0.137. The summed E-state index contributed by atoms with van der Waals surface area (Å²) in [6, 6.07) is 2.05. The van der Waals surface area contributed by atoms with Gasteiger partial charge in [0.15, 0.2) is 11.4 Å². The quantitative estimate of drug-likeness (QED) is 0.389. The SMILES string of the molecule is COc1cc(N=C(NC#N)SC)c(Cl)c(C(F)(F)F)c1. The van der Waals surface area contributed by atoms with Crippen molar-refractivity contribution in [2.75, 3.05) is 13.4 Å². The van der Waals surface area contributed by atoms with Crippen LogP contribution in [0.25, 0.3) is 0 Å². The number of rotatable bonds is 2. The molecule has 0 bridgehead atoms. The van der Waals surface area contributed by atoms with E-state index < -0.39 is 16.8 Å². The summed E-state index contributed by atoms with van der Waals surface area (Å²) in [6.45, 7) is 0. The Morgan fingerprint density at radius 3 is 2.60 bits per heavy atom. The molecule has 0 unspecified atom stereocenters. The number of methoxy groups -OCH3 is 1. The Balaban J connectivity index is 3.44. The number of aliphatic imine (C=N–C) groups is 1. The van der Waals surface area contributed by atoms with Crippen LogP contribution in [0.4, 0.5) is 18.9 Å². The Morgan fingerprint density at radius 2 is 2.15 bits per heavy atom. The lowest BCUT2D eigenvalue weighted by atomic mass is 10.2. The number of alkyl halides is 3. The largest absolute Gasteiger partial charge is 0.497 e. The average molecular weight is 324 g/mol. The molecule has 4 nitrogen and oxygen atoms in total. The van der Waals surface area contributed by atoms with Crippen LogP contribution in [0.5, 0.6) is 5.75 Å². The van der Waals surface area contributed by atoms with Crippen molar-refractivity contribution in [2.45, 2.75) is 6.18 Å². The maximum Gasteiger partial charge on any atom is 0.418 e. The first kappa shape index (κ1) is 16.5. The molecular weight excluding hydrogens is 315 g/mol. The van der Waals surface area contributed by atoms with Gasteiger partial charge in [0.05, 0.1) is 23.4 Å². The van der Waals surface area contributed by atoms with Crippen molar-refractivity contribution in [2.24, 2.45) is 4.99 Å². The summed E-state index contributed by atoms with van der Waals surface area (Å²) in [5.41, 5.74) is -1.18. The molecule has 0 aliphatic carbocycles. The number of ether oxygens (including phenoxy) is 1. The fourth-order valence-corrected chi connectivity index (χ4v) is 1.87. The standard InChI is InChI=1S/C11H9ClF3N3OS/c1-19-6-3-7(11(13,14)15)9(12)8(4-6)18-10(20-2)17-5-16/h3-4H,1-2H3,(H,17,18). The van der Waals surface area contributed by atoms with Gasteiger partial charge in [0.2, 0.25) is 0 Å². The van der Waals surface area contributed by atoms with E-state index in [0.717, 1.165) is 17.8 Å². The number of hydrogen-bond donors (Lipinski definition) is 1. The van der Waals surface area contributed by atoms with Crippen molar-refractivity contribution in [3.05, 3.63) is 22.7 Å². The van der Waals surface area contributed by atoms with E-state index in [1.165, 1.54) is 13.2 Å². The van der Waals surface area contributed by atoms with Crippen LogP contribution >= 0.6 is 23.4 Å². The highest BCUT2D eigenvalue weighted by molar-refractivity contribution is 8.13. The highest BCUT2D eigenvalue weighted by Gasteiger charge is 2.35. The Kier molecular flexibility index (Phi) is 5.53. The summed E-state index contributed by atoms with van der Waals surface area (Å²) in [5, 5.41) is 10.3. The van der Waals surface area contributed by atoms with Crippen LogP contribution in [0, 0.1) is 11.5 Å². The number of nitrogens with zero attached hydrogens (tertiary/aromatic N) is 2. The highest BCUT2D eigenvalue weighted by atomic mass is 35.5. The fourth-order valence-electron chi connectivity index (χ4n) is 1.27. The maximum absolute atomic E-state index is 12.9. The summed E-state index contributed by atoms with van der Waals surface area (Å²) in [6.07, 6.45) is -1.38. The number of benzene rings is 1. The molecule has 0 atom stereocenters. The molecule has 0 heterocycles. The minimum Gasteiger partial charge on any atom is -0.497 e. The van der Waals surface area contributed by atoms with Gasteiger partial charge >= 0.3 is 6.18 Å². The molecule has 1 N–H and O–H groups in total. The monoisotopic (exact) mass is 323 g/mol. The summed E-state index contributed by atoms with van der Waals surface area (Å²) < 4.78 is 43.4. The molecule has 0 aromatic heterocycles. The lowest BCUT2D eigenvalue weighted by Crippen LogP contribution is -2.13. The molecule has 1 rings (SSSR count). The molecule has 108 valence electrons. The Hall–Kier alpha value is -1.59. The normalized spacial score (nSPS) is 11.9. The van der Waals surface area contributed by atoms with Crippen LogP contribution in [-0.4, -0.2) is 18.5 Å². The second-order valence-electron chi connectivity index (χ2n) is 3.36. The third-order valence-corrected chi connectivity index (χ3v) is 3.12. The summed E-state index contributed by atoms with van der Waals surface area (Å²) >= 11 is 6.78. The third kappa shape index (κ3) is 3.95. The molecule has 0 radical (unpaired) electrons. The molecule has 9 heteroatoms. The minimum atomic E-state index is -4.63. The van der Waals surface area contributed by atoms with Gasteiger partial charge in [-0.25, -0.2) is 4.99 Å². The molecule has 0 aliphatic heterocycles. The van der Waals surface area contributed by atoms with Crippen LogP contribution in [0.2, 0.25) is 5.02 Å². The molecule has 0 aliphatic rings. The van der Waals surface area contributed by atoms with Crippen molar-refractivity contribution >= 4 is 34.2 Å². The van der Waals surface area contributed by atoms with E-state index in [2.05, 4.69) is 10.3 Å². The average Bonchev–Trinajstić information content (AvgIpc) is 2.38. The van der Waals surface area contributed by atoms with Gasteiger partial charge in [-0.3, -0.25) is 5.32 Å². The van der Waals surface area contributed by atoms with Gasteiger partial charge in [-0.1, -0.05) is 23.4 Å². The number of nitrogens with one attached hydrogen (secondary N) is 1. The molecule has 0 saturated carbocycles. The van der Waals surface area contributed by atoms with Crippen molar-refractivity contribution in [3.8, 4) is 11.9 Å². The van der Waals surface area contributed by atoms with E-state index in [4.69, 9.17) is 21.6 Å². The maximum atomic E-state index is 12.9. The van der Waals surface area contributed by atoms with Crippen LogP contribution in [-0.2, 0) is 6.18 Å². The van der Waals surface area contributed by atoms with Crippen LogP contribution in [0.15, 0.2) is 17.1 Å². The molecule has 0 saturated heterocycles. The Bertz CT molecular complexity index is 569. The van der Waals surface area contributed by atoms with Gasteiger partial charge in [0.25, 0.3) is 0 Å². The van der Waals surface area contributed by atoms with Crippen LogP contribution in [0.3, 0.4) is 0 Å². The van der Waals surface area contributed by atoms with Crippen LogP contribution < -0.4 is 10.1 Å². The first-order valence-electron chi connectivity index (χ1n) is 5.06. The fraction of sp³-hybridized carbons (Fsp3) is 0.273. The van der Waals surface area contributed by atoms with Crippen LogP contribution in [0.1, 0.15) is 5.56 Å². The van der Waals surface area contributed by atoms with Gasteiger partial charge in [0, 0.05) is 6.07 Å². The number of halogens is 4. The highest BCUT2D eigenvalue weighted by Crippen LogP contribution is 2.42. The van der Waals surface area contributed by atoms with E-state index in [0.29, 0.717) is 0 Å². The second kappa shape index (κ2) is 6.72. The zero-order valence-electron chi connectivity index (χ0n) is 10.4. The molecule has 20 heavy (non-hydrogen) atoms. The van der Waals surface area contributed by atoms with Gasteiger partial charge in [-0.05, 0) is 12.3 Å². The molecular formula is C11H9ClF3N3OS. The number of hydrogen-bond acceptors (Lipinski definition) is 4. The number of thioether (sulfide) groups is 1. The molecule has 0 amide bonds. The zero-order valence-corrected chi connectivity index (χ0v) is 11.9. The van der Waals surface area contributed by atoms with E-state index in [1.807, 2.05) is 0 Å². The minimum absolute atomic E-state index is 0.0297. The second-order valence-corrected chi connectivity index (χ2v) is 4.54. The van der Waals surface area contributed by atoms with E-state index in [1.54, 1.807) is 12.4 Å². The summed E-state index contributed by atoms with van der Waals surface area (Å²) in [5.74, 6) is -0.0297. The van der Waals surface area contributed by atoms with Crippen molar-refractivity contribution in [1.82, 2.24) is 5.32 Å². The Morgan fingerprint density at radius 1 is 1.50 bits per heavy atom. The first-order valence-corrected chi connectivity index (χ1v) is 6.66. The van der Waals surface area contributed by atoms with Gasteiger partial charge in [0.1, 0.15) is 5.75 Å². The summed E-state index contributed by atoms with van der Waals surface area (Å²) in [7, 11) is 1.24. The predicted octanol–water partition coefficient (Wildman–Crippen LogP) is 3.79. The zero-order chi connectivity index (χ0) is 15.3. The van der Waals surface area contributed by atoms with Gasteiger partial charge in [-0.2, -0.15) is 18.4 Å². The number of amidine groups is 1. The van der Waals surface area contributed by atoms with Crippen molar-refractivity contribution in [1.29, 1.82) is 5.26 Å².